The van der Waals surface area contributed by atoms with Crippen molar-refractivity contribution in [2.75, 3.05) is 18.0 Å². The smallest absolute Gasteiger partial charge is 0.306 e. The zero-order valence-electron chi connectivity index (χ0n) is 11.5. The van der Waals surface area contributed by atoms with E-state index in [2.05, 4.69) is 24.8 Å². The van der Waals surface area contributed by atoms with Crippen LogP contribution in [0.4, 0.5) is 5.69 Å². The Morgan fingerprint density at radius 2 is 2.11 bits per heavy atom. The lowest BCUT2D eigenvalue weighted by molar-refractivity contribution is -0.141. The summed E-state index contributed by atoms with van der Waals surface area (Å²) >= 11 is 0. The van der Waals surface area contributed by atoms with Crippen LogP contribution in [-0.4, -0.2) is 34.9 Å². The summed E-state index contributed by atoms with van der Waals surface area (Å²) in [5, 5.41) is 19.2. The number of hydrogen-bond donors (Lipinski definition) is 2. The first-order valence-electron chi connectivity index (χ1n) is 6.69. The molecule has 1 aromatic rings. The molecule has 1 aliphatic heterocycles. The van der Waals surface area contributed by atoms with Gasteiger partial charge in [-0.25, -0.2) is 0 Å². The van der Waals surface area contributed by atoms with Crippen molar-refractivity contribution in [3.8, 4) is 0 Å². The van der Waals surface area contributed by atoms with E-state index in [9.17, 15) is 9.90 Å². The van der Waals surface area contributed by atoms with Crippen LogP contribution in [-0.2, 0) is 4.79 Å². The van der Waals surface area contributed by atoms with Crippen molar-refractivity contribution in [3.63, 3.8) is 0 Å². The molecule has 1 heterocycles. The highest BCUT2D eigenvalue weighted by atomic mass is 16.4. The Morgan fingerprint density at radius 3 is 2.74 bits per heavy atom. The Hall–Kier alpha value is -1.55. The third kappa shape index (κ3) is 3.07. The zero-order chi connectivity index (χ0) is 14.0. The standard InChI is InChI=1S/C15H21NO3/c1-11(2)12-5-3-4-6-13(12)16-8-7-15(19,10-16)9-14(17)18/h3-6,11,19H,7-10H2,1-2H3,(H,17,18). The van der Waals surface area contributed by atoms with Crippen molar-refractivity contribution in [2.24, 2.45) is 0 Å². The summed E-state index contributed by atoms with van der Waals surface area (Å²) in [4.78, 5) is 12.9. The largest absolute Gasteiger partial charge is 0.481 e. The molecule has 2 rings (SSSR count). The molecule has 1 saturated heterocycles. The fourth-order valence-electron chi connectivity index (χ4n) is 2.75. The first-order chi connectivity index (χ1) is 8.91. The van der Waals surface area contributed by atoms with Gasteiger partial charge in [-0.2, -0.15) is 0 Å². The summed E-state index contributed by atoms with van der Waals surface area (Å²) in [6.07, 6.45) is 0.319. The van der Waals surface area contributed by atoms with Gasteiger partial charge in [-0.05, 0) is 24.0 Å². The Labute approximate surface area is 113 Å². The molecular formula is C15H21NO3. The van der Waals surface area contributed by atoms with Gasteiger partial charge in [-0.1, -0.05) is 32.0 Å². The molecule has 1 unspecified atom stereocenters. The van der Waals surface area contributed by atoms with Crippen LogP contribution in [0.3, 0.4) is 0 Å². The van der Waals surface area contributed by atoms with E-state index in [0.29, 0.717) is 25.4 Å². The van der Waals surface area contributed by atoms with Crippen LogP contribution in [0.15, 0.2) is 24.3 Å². The van der Waals surface area contributed by atoms with Crippen molar-refractivity contribution in [3.05, 3.63) is 29.8 Å². The Bertz CT molecular complexity index is 472. The normalized spacial score (nSPS) is 23.1. The third-order valence-corrected chi connectivity index (χ3v) is 3.71. The molecule has 0 amide bonds. The number of carboxylic acid groups (broad SMARTS) is 1. The van der Waals surface area contributed by atoms with Crippen LogP contribution in [0.1, 0.15) is 38.2 Å². The fourth-order valence-corrected chi connectivity index (χ4v) is 2.75. The Kier molecular flexibility index (Phi) is 3.80. The van der Waals surface area contributed by atoms with E-state index in [1.54, 1.807) is 0 Å². The second-order valence-electron chi connectivity index (χ2n) is 5.68. The second kappa shape index (κ2) is 5.21. The topological polar surface area (TPSA) is 60.8 Å². The Balaban J connectivity index is 2.19. The highest BCUT2D eigenvalue weighted by Gasteiger charge is 2.38. The molecule has 19 heavy (non-hydrogen) atoms. The van der Waals surface area contributed by atoms with Gasteiger partial charge < -0.3 is 15.1 Å². The van der Waals surface area contributed by atoms with E-state index in [4.69, 9.17) is 5.11 Å². The van der Waals surface area contributed by atoms with Gasteiger partial charge in [0.15, 0.2) is 0 Å². The maximum absolute atomic E-state index is 10.8. The minimum Gasteiger partial charge on any atom is -0.481 e. The monoisotopic (exact) mass is 263 g/mol. The van der Waals surface area contributed by atoms with E-state index < -0.39 is 11.6 Å². The van der Waals surface area contributed by atoms with Gasteiger partial charge in [-0.3, -0.25) is 4.79 Å². The number of nitrogens with zero attached hydrogens (tertiary/aromatic N) is 1. The minimum atomic E-state index is -1.10. The van der Waals surface area contributed by atoms with Gasteiger partial charge in [0.05, 0.1) is 12.0 Å². The van der Waals surface area contributed by atoms with Crippen LogP contribution in [0, 0.1) is 0 Å². The molecule has 1 aliphatic rings. The lowest BCUT2D eigenvalue weighted by atomic mass is 9.98. The van der Waals surface area contributed by atoms with Crippen molar-refractivity contribution in [2.45, 2.75) is 38.2 Å². The average molecular weight is 263 g/mol. The summed E-state index contributed by atoms with van der Waals surface area (Å²) < 4.78 is 0. The van der Waals surface area contributed by atoms with Gasteiger partial charge in [0.2, 0.25) is 0 Å². The van der Waals surface area contributed by atoms with Crippen LogP contribution >= 0.6 is 0 Å². The van der Waals surface area contributed by atoms with E-state index in [1.807, 2.05) is 18.2 Å². The van der Waals surface area contributed by atoms with Crippen LogP contribution in [0.2, 0.25) is 0 Å². The molecule has 1 aromatic carbocycles. The molecule has 0 spiro atoms. The molecule has 0 aromatic heterocycles. The van der Waals surface area contributed by atoms with Crippen molar-refractivity contribution in [1.29, 1.82) is 0 Å². The zero-order valence-corrected chi connectivity index (χ0v) is 11.5. The number of carboxylic acids is 1. The maximum atomic E-state index is 10.8. The van der Waals surface area contributed by atoms with E-state index >= 15 is 0 Å². The second-order valence-corrected chi connectivity index (χ2v) is 5.68. The lowest BCUT2D eigenvalue weighted by Gasteiger charge is -2.25. The van der Waals surface area contributed by atoms with Gasteiger partial charge >= 0.3 is 5.97 Å². The molecular weight excluding hydrogens is 242 g/mol. The molecule has 1 fully saturated rings. The molecule has 0 radical (unpaired) electrons. The number of benzene rings is 1. The SMILES string of the molecule is CC(C)c1ccccc1N1CCC(O)(CC(=O)O)C1. The Morgan fingerprint density at radius 1 is 1.42 bits per heavy atom. The lowest BCUT2D eigenvalue weighted by Crippen LogP contribution is -2.35. The summed E-state index contributed by atoms with van der Waals surface area (Å²) in [5.74, 6) is -0.536. The molecule has 0 saturated carbocycles. The van der Waals surface area contributed by atoms with Gasteiger partial charge in [0.1, 0.15) is 0 Å². The maximum Gasteiger partial charge on any atom is 0.306 e. The number of aliphatic carboxylic acids is 1. The van der Waals surface area contributed by atoms with E-state index in [0.717, 1.165) is 5.69 Å². The molecule has 2 N–H and O–H groups in total. The minimum absolute atomic E-state index is 0.187. The number of hydrogen-bond acceptors (Lipinski definition) is 3. The van der Waals surface area contributed by atoms with Gasteiger partial charge in [0.25, 0.3) is 0 Å². The van der Waals surface area contributed by atoms with E-state index in [-0.39, 0.29) is 6.42 Å². The number of β-amino-alcohol motifs (C(OH)–C–C–N with tert-alkyl or cyclic N) is 1. The molecule has 1 atom stereocenters. The van der Waals surface area contributed by atoms with Crippen LogP contribution in [0.5, 0.6) is 0 Å². The van der Waals surface area contributed by atoms with Crippen molar-refractivity contribution in [1.82, 2.24) is 0 Å². The summed E-state index contributed by atoms with van der Waals surface area (Å²) in [5.41, 5.74) is 1.25. The molecule has 0 aliphatic carbocycles. The quantitative estimate of drug-likeness (QED) is 0.874. The van der Waals surface area contributed by atoms with Crippen molar-refractivity contribution >= 4 is 11.7 Å². The van der Waals surface area contributed by atoms with Crippen molar-refractivity contribution < 1.29 is 15.0 Å². The van der Waals surface area contributed by atoms with Crippen LogP contribution in [0.25, 0.3) is 0 Å². The third-order valence-electron chi connectivity index (χ3n) is 3.71. The van der Waals surface area contributed by atoms with E-state index in [1.165, 1.54) is 5.56 Å². The molecule has 4 nitrogen and oxygen atoms in total. The summed E-state index contributed by atoms with van der Waals surface area (Å²) in [6, 6.07) is 8.13. The summed E-state index contributed by atoms with van der Waals surface area (Å²) in [6.45, 7) is 5.37. The fraction of sp³-hybridized carbons (Fsp3) is 0.533. The van der Waals surface area contributed by atoms with Gasteiger partial charge in [-0.15, -0.1) is 0 Å². The average Bonchev–Trinajstić information content (AvgIpc) is 2.70. The number of aliphatic hydroxyl groups is 1. The van der Waals surface area contributed by atoms with Gasteiger partial charge in [0, 0.05) is 18.8 Å². The highest BCUT2D eigenvalue weighted by molar-refractivity contribution is 5.69. The predicted molar refractivity (Wildman–Crippen MR) is 74.6 cm³/mol. The number of carbonyl (C=O) groups is 1. The predicted octanol–water partition coefficient (Wildman–Crippen LogP) is 2.23. The number of para-hydroxylation sites is 1. The first-order valence-corrected chi connectivity index (χ1v) is 6.69. The molecule has 4 heteroatoms. The molecule has 104 valence electrons. The number of rotatable bonds is 4. The summed E-state index contributed by atoms with van der Waals surface area (Å²) in [7, 11) is 0. The highest BCUT2D eigenvalue weighted by Crippen LogP contribution is 2.33. The first kappa shape index (κ1) is 13.9. The van der Waals surface area contributed by atoms with Crippen LogP contribution < -0.4 is 4.90 Å². The molecule has 0 bridgehead atoms. The number of anilines is 1.